The van der Waals surface area contributed by atoms with Gasteiger partial charge in [0.05, 0.1) is 5.56 Å². The lowest BCUT2D eigenvalue weighted by Gasteiger charge is -2.34. The number of halogens is 1. The lowest BCUT2D eigenvalue weighted by molar-refractivity contribution is -0.119. The van der Waals surface area contributed by atoms with Crippen LogP contribution < -0.4 is 10.1 Å². The first-order chi connectivity index (χ1) is 13.5. The van der Waals surface area contributed by atoms with Gasteiger partial charge in [0.25, 0.3) is 0 Å². The number of benzene rings is 1. The van der Waals surface area contributed by atoms with Gasteiger partial charge in [-0.05, 0) is 75.6 Å². The van der Waals surface area contributed by atoms with E-state index in [0.717, 1.165) is 51.2 Å². The van der Waals surface area contributed by atoms with Crippen molar-refractivity contribution in [2.45, 2.75) is 64.0 Å². The summed E-state index contributed by atoms with van der Waals surface area (Å²) in [5, 5.41) is 12.2. The van der Waals surface area contributed by atoms with Gasteiger partial charge in [0.2, 0.25) is 5.91 Å². The number of piperidine rings is 1. The highest BCUT2D eigenvalue weighted by molar-refractivity contribution is 5.73. The third kappa shape index (κ3) is 5.93. The molecule has 0 bridgehead atoms. The number of ether oxygens (including phenoxy) is 1. The molecular formula is C22H30FN3O2. The molecule has 1 saturated heterocycles. The molecule has 1 aliphatic heterocycles. The largest absolute Gasteiger partial charge is 0.489 e. The van der Waals surface area contributed by atoms with Crippen LogP contribution in [-0.4, -0.2) is 42.6 Å². The number of rotatable bonds is 6. The molecule has 1 N–H and O–H groups in total. The fourth-order valence-corrected chi connectivity index (χ4v) is 4.37. The maximum absolute atomic E-state index is 13.2. The van der Waals surface area contributed by atoms with Gasteiger partial charge in [-0.2, -0.15) is 5.26 Å². The number of hydrogen-bond acceptors (Lipinski definition) is 4. The monoisotopic (exact) mass is 387 g/mol. The topological polar surface area (TPSA) is 65.4 Å². The second-order valence-corrected chi connectivity index (χ2v) is 8.12. The molecule has 1 aromatic rings. The van der Waals surface area contributed by atoms with Crippen molar-refractivity contribution in [1.29, 1.82) is 5.26 Å². The predicted molar refractivity (Wildman–Crippen MR) is 105 cm³/mol. The number of amides is 1. The lowest BCUT2D eigenvalue weighted by atomic mass is 9.84. The average Bonchev–Trinajstić information content (AvgIpc) is 2.69. The Morgan fingerprint density at radius 2 is 1.96 bits per heavy atom. The minimum absolute atomic E-state index is 0.0797. The van der Waals surface area contributed by atoms with Crippen LogP contribution >= 0.6 is 0 Å². The minimum Gasteiger partial charge on any atom is -0.489 e. The Balaban J connectivity index is 1.36. The first kappa shape index (κ1) is 20.6. The van der Waals surface area contributed by atoms with Crippen molar-refractivity contribution in [3.8, 4) is 11.8 Å². The Morgan fingerprint density at radius 3 is 2.61 bits per heavy atom. The van der Waals surface area contributed by atoms with Crippen molar-refractivity contribution in [3.63, 3.8) is 0 Å². The van der Waals surface area contributed by atoms with Crippen LogP contribution in [0.2, 0.25) is 0 Å². The van der Waals surface area contributed by atoms with Gasteiger partial charge in [-0.3, -0.25) is 4.79 Å². The van der Waals surface area contributed by atoms with Crippen LogP contribution in [-0.2, 0) is 4.79 Å². The van der Waals surface area contributed by atoms with Gasteiger partial charge in [0, 0.05) is 26.1 Å². The maximum Gasteiger partial charge on any atom is 0.217 e. The SMILES string of the molecule is CC(=O)NC1CCC(CCN2CCC(Oc3ccc(F)cc3C#N)CC2)CC1. The third-order valence-electron chi connectivity index (χ3n) is 6.00. The fourth-order valence-electron chi connectivity index (χ4n) is 4.37. The number of carbonyl (C=O) groups is 1. The summed E-state index contributed by atoms with van der Waals surface area (Å²) in [6.45, 7) is 4.70. The number of nitrogens with zero attached hydrogens (tertiary/aromatic N) is 2. The maximum atomic E-state index is 13.2. The standard InChI is InChI=1S/C22H30FN3O2/c1-16(27)25-20-5-2-17(3-6-20)8-11-26-12-9-21(10-13-26)28-22-7-4-19(23)14-18(22)15-24/h4,7,14,17,20-21H,2-3,5-6,8-13H2,1H3,(H,25,27). The fraction of sp³-hybridized carbons (Fsp3) is 0.636. The van der Waals surface area contributed by atoms with E-state index in [9.17, 15) is 9.18 Å². The Hall–Kier alpha value is -2.13. The summed E-state index contributed by atoms with van der Waals surface area (Å²) in [7, 11) is 0. The van der Waals surface area contributed by atoms with Crippen LogP contribution in [0, 0.1) is 23.1 Å². The highest BCUT2D eigenvalue weighted by Crippen LogP contribution is 2.28. The molecule has 5 nitrogen and oxygen atoms in total. The summed E-state index contributed by atoms with van der Waals surface area (Å²) in [5.41, 5.74) is 0.261. The molecule has 0 aromatic heterocycles. The normalized spacial score (nSPS) is 23.8. The average molecular weight is 387 g/mol. The molecule has 6 heteroatoms. The molecule has 0 unspecified atom stereocenters. The van der Waals surface area contributed by atoms with Gasteiger partial charge in [0.1, 0.15) is 23.7 Å². The van der Waals surface area contributed by atoms with Gasteiger partial charge < -0.3 is 15.0 Å². The zero-order chi connectivity index (χ0) is 19.9. The van der Waals surface area contributed by atoms with Gasteiger partial charge >= 0.3 is 0 Å². The lowest BCUT2D eigenvalue weighted by Crippen LogP contribution is -2.40. The summed E-state index contributed by atoms with van der Waals surface area (Å²) in [5.74, 6) is 0.913. The third-order valence-corrected chi connectivity index (χ3v) is 6.00. The molecule has 3 rings (SSSR count). The zero-order valence-corrected chi connectivity index (χ0v) is 16.6. The molecule has 0 atom stereocenters. The van der Waals surface area contributed by atoms with Crippen molar-refractivity contribution in [1.82, 2.24) is 10.2 Å². The van der Waals surface area contributed by atoms with Crippen molar-refractivity contribution >= 4 is 5.91 Å². The molecule has 0 radical (unpaired) electrons. The summed E-state index contributed by atoms with van der Waals surface area (Å²) in [6.07, 6.45) is 7.75. The van der Waals surface area contributed by atoms with E-state index in [1.54, 1.807) is 13.0 Å². The molecule has 28 heavy (non-hydrogen) atoms. The molecule has 0 spiro atoms. The van der Waals surface area contributed by atoms with Gasteiger partial charge in [-0.15, -0.1) is 0 Å². The molecular weight excluding hydrogens is 357 g/mol. The molecule has 152 valence electrons. The predicted octanol–water partition coefficient (Wildman–Crippen LogP) is 3.63. The molecule has 2 aliphatic rings. The van der Waals surface area contributed by atoms with Crippen molar-refractivity contribution in [2.24, 2.45) is 5.92 Å². The number of hydrogen-bond donors (Lipinski definition) is 1. The van der Waals surface area contributed by atoms with Crippen LogP contribution in [0.3, 0.4) is 0 Å². The van der Waals surface area contributed by atoms with E-state index in [0.29, 0.717) is 11.8 Å². The van der Waals surface area contributed by atoms with Crippen LogP contribution in [0.5, 0.6) is 5.75 Å². The Kier molecular flexibility index (Phi) is 7.27. The quantitative estimate of drug-likeness (QED) is 0.810. The van der Waals surface area contributed by atoms with Crippen molar-refractivity contribution in [3.05, 3.63) is 29.6 Å². The van der Waals surface area contributed by atoms with E-state index in [-0.39, 0.29) is 17.6 Å². The molecule has 1 heterocycles. The Morgan fingerprint density at radius 1 is 1.25 bits per heavy atom. The molecule has 1 aliphatic carbocycles. The Labute approximate surface area is 166 Å². The number of nitrogens with one attached hydrogen (secondary N) is 1. The molecule has 1 amide bonds. The summed E-state index contributed by atoms with van der Waals surface area (Å²) in [6, 6.07) is 6.49. The molecule has 1 saturated carbocycles. The van der Waals surface area contributed by atoms with Crippen LogP contribution in [0.1, 0.15) is 57.4 Å². The first-order valence-electron chi connectivity index (χ1n) is 10.4. The summed E-state index contributed by atoms with van der Waals surface area (Å²) in [4.78, 5) is 13.7. The van der Waals surface area contributed by atoms with Crippen molar-refractivity contribution in [2.75, 3.05) is 19.6 Å². The van der Waals surface area contributed by atoms with E-state index in [2.05, 4.69) is 10.2 Å². The second-order valence-electron chi connectivity index (χ2n) is 8.12. The highest BCUT2D eigenvalue weighted by atomic mass is 19.1. The number of nitriles is 1. The van der Waals surface area contributed by atoms with Crippen LogP contribution in [0.25, 0.3) is 0 Å². The first-order valence-corrected chi connectivity index (χ1v) is 10.4. The van der Waals surface area contributed by atoms with Gasteiger partial charge in [0.15, 0.2) is 0 Å². The Bertz CT molecular complexity index is 702. The van der Waals surface area contributed by atoms with E-state index < -0.39 is 5.82 Å². The summed E-state index contributed by atoms with van der Waals surface area (Å²) < 4.78 is 19.2. The van der Waals surface area contributed by atoms with Gasteiger partial charge in [-0.1, -0.05) is 0 Å². The summed E-state index contributed by atoms with van der Waals surface area (Å²) >= 11 is 0. The highest BCUT2D eigenvalue weighted by Gasteiger charge is 2.24. The van der Waals surface area contributed by atoms with Crippen LogP contribution in [0.4, 0.5) is 4.39 Å². The minimum atomic E-state index is -0.412. The number of carbonyl (C=O) groups excluding carboxylic acids is 1. The van der Waals surface area contributed by atoms with E-state index in [4.69, 9.17) is 10.00 Å². The van der Waals surface area contributed by atoms with Gasteiger partial charge in [-0.25, -0.2) is 4.39 Å². The smallest absolute Gasteiger partial charge is 0.217 e. The zero-order valence-electron chi connectivity index (χ0n) is 16.6. The van der Waals surface area contributed by atoms with E-state index >= 15 is 0 Å². The second kappa shape index (κ2) is 9.88. The molecule has 1 aromatic carbocycles. The van der Waals surface area contributed by atoms with Crippen molar-refractivity contribution < 1.29 is 13.9 Å². The van der Waals surface area contributed by atoms with E-state index in [1.807, 2.05) is 6.07 Å². The number of likely N-dealkylation sites (tertiary alicyclic amines) is 1. The van der Waals surface area contributed by atoms with Crippen LogP contribution in [0.15, 0.2) is 18.2 Å². The molecule has 2 fully saturated rings. The van der Waals surface area contributed by atoms with E-state index in [1.165, 1.54) is 31.4 Å².